The summed E-state index contributed by atoms with van der Waals surface area (Å²) >= 11 is 0. The zero-order valence-corrected chi connectivity index (χ0v) is 15.7. The number of aryl methyl sites for hydroxylation is 3. The maximum absolute atomic E-state index is 12.5. The normalized spacial score (nSPS) is 18.7. The number of piperazine rings is 1. The van der Waals surface area contributed by atoms with Gasteiger partial charge in [0.25, 0.3) is 0 Å². The first-order chi connectivity index (χ1) is 11.2. The number of carbonyl (C=O) groups is 1. The van der Waals surface area contributed by atoms with Crippen LogP contribution in [0.1, 0.15) is 30.0 Å². The molecule has 0 radical (unpaired) electrons. The van der Waals surface area contributed by atoms with Gasteiger partial charge in [0.15, 0.2) is 0 Å². The van der Waals surface area contributed by atoms with Gasteiger partial charge < -0.3 is 10.2 Å². The van der Waals surface area contributed by atoms with Crippen molar-refractivity contribution in [3.8, 4) is 0 Å². The quantitative estimate of drug-likeness (QED) is 0.831. The van der Waals surface area contributed by atoms with Crippen LogP contribution in [0, 0.1) is 20.8 Å². The van der Waals surface area contributed by atoms with Crippen LogP contribution in [-0.2, 0) is 14.8 Å². The van der Waals surface area contributed by atoms with E-state index in [9.17, 15) is 13.2 Å². The minimum atomic E-state index is -3.61. The van der Waals surface area contributed by atoms with Gasteiger partial charge in [-0.15, -0.1) is 0 Å². The third-order valence-corrected chi connectivity index (χ3v) is 5.99. The van der Waals surface area contributed by atoms with Crippen molar-refractivity contribution in [2.45, 2.75) is 45.1 Å². The lowest BCUT2D eigenvalue weighted by molar-refractivity contribution is -0.132. The monoisotopic (exact) mass is 353 g/mol. The summed E-state index contributed by atoms with van der Waals surface area (Å²) in [7, 11) is -3.61. The Morgan fingerprint density at radius 1 is 1.29 bits per heavy atom. The number of hydrogen-bond acceptors (Lipinski definition) is 4. The number of sulfonamides is 1. The average molecular weight is 353 g/mol. The van der Waals surface area contributed by atoms with Crippen molar-refractivity contribution in [3.63, 3.8) is 0 Å². The van der Waals surface area contributed by atoms with Crippen molar-refractivity contribution < 1.29 is 13.2 Å². The predicted octanol–water partition coefficient (Wildman–Crippen LogP) is 1.10. The Kier molecular flexibility index (Phi) is 6.01. The third-order valence-electron chi connectivity index (χ3n) is 4.23. The summed E-state index contributed by atoms with van der Waals surface area (Å²) in [5.41, 5.74) is 2.48. The summed E-state index contributed by atoms with van der Waals surface area (Å²) in [5.74, 6) is -0.0107. The molecule has 2 N–H and O–H groups in total. The first kappa shape index (κ1) is 18.9. The maximum atomic E-state index is 12.5. The molecule has 1 unspecified atom stereocenters. The van der Waals surface area contributed by atoms with Crippen LogP contribution in [0.4, 0.5) is 0 Å². The molecule has 1 heterocycles. The predicted molar refractivity (Wildman–Crippen MR) is 94.5 cm³/mol. The molecule has 134 valence electrons. The van der Waals surface area contributed by atoms with Crippen LogP contribution in [0.3, 0.4) is 0 Å². The van der Waals surface area contributed by atoms with Crippen molar-refractivity contribution >= 4 is 15.9 Å². The molecule has 1 aromatic rings. The minimum absolute atomic E-state index is 0.0107. The van der Waals surface area contributed by atoms with E-state index in [1.807, 2.05) is 26.0 Å². The zero-order chi connectivity index (χ0) is 17.9. The molecule has 1 saturated heterocycles. The summed E-state index contributed by atoms with van der Waals surface area (Å²) in [6.45, 7) is 9.80. The van der Waals surface area contributed by atoms with Crippen LogP contribution in [0.25, 0.3) is 0 Å². The molecule has 0 bridgehead atoms. The van der Waals surface area contributed by atoms with E-state index in [0.717, 1.165) is 23.2 Å². The molecular formula is C17H27N3O3S. The summed E-state index contributed by atoms with van der Waals surface area (Å²) in [6.07, 6.45) is 0.176. The van der Waals surface area contributed by atoms with Crippen LogP contribution >= 0.6 is 0 Å². The highest BCUT2D eigenvalue weighted by Gasteiger charge is 2.22. The van der Waals surface area contributed by atoms with Crippen LogP contribution in [-0.4, -0.2) is 51.4 Å². The minimum Gasteiger partial charge on any atom is -0.340 e. The van der Waals surface area contributed by atoms with Crippen molar-refractivity contribution in [1.29, 1.82) is 0 Å². The molecule has 0 aliphatic carbocycles. The Morgan fingerprint density at radius 2 is 1.92 bits per heavy atom. The summed E-state index contributed by atoms with van der Waals surface area (Å²) in [5, 5.41) is 3.28. The first-order valence-corrected chi connectivity index (χ1v) is 9.77. The molecule has 1 aromatic carbocycles. The fourth-order valence-corrected chi connectivity index (χ4v) is 4.75. The molecular weight excluding hydrogens is 326 g/mol. The Labute approximate surface area is 144 Å². The highest BCUT2D eigenvalue weighted by molar-refractivity contribution is 7.89. The number of carbonyl (C=O) groups excluding carboxylic acids is 1. The molecule has 0 aromatic heterocycles. The molecule has 1 aliphatic rings. The van der Waals surface area contributed by atoms with E-state index in [-0.39, 0.29) is 24.9 Å². The molecule has 1 fully saturated rings. The van der Waals surface area contributed by atoms with Gasteiger partial charge in [0.1, 0.15) is 0 Å². The van der Waals surface area contributed by atoms with Crippen LogP contribution in [0.2, 0.25) is 0 Å². The van der Waals surface area contributed by atoms with Gasteiger partial charge in [0.2, 0.25) is 15.9 Å². The number of amides is 1. The highest BCUT2D eigenvalue weighted by Crippen LogP contribution is 2.21. The number of nitrogens with zero attached hydrogens (tertiary/aromatic N) is 1. The molecule has 7 heteroatoms. The van der Waals surface area contributed by atoms with Crippen molar-refractivity contribution in [2.24, 2.45) is 0 Å². The fourth-order valence-electron chi connectivity index (χ4n) is 3.27. The van der Waals surface area contributed by atoms with E-state index in [4.69, 9.17) is 0 Å². The van der Waals surface area contributed by atoms with Gasteiger partial charge in [-0.25, -0.2) is 13.1 Å². The molecule has 1 aliphatic heterocycles. The number of hydrogen-bond donors (Lipinski definition) is 2. The summed E-state index contributed by atoms with van der Waals surface area (Å²) in [6, 6.07) is 3.99. The van der Waals surface area contributed by atoms with Gasteiger partial charge in [0, 0.05) is 38.6 Å². The largest absolute Gasteiger partial charge is 0.340 e. The number of benzene rings is 1. The van der Waals surface area contributed by atoms with Crippen LogP contribution < -0.4 is 10.0 Å². The third kappa shape index (κ3) is 4.55. The standard InChI is InChI=1S/C17H27N3O3S/c1-12-9-13(2)17(14(3)10-12)24(22,23)19-6-5-16(21)20-8-7-18-15(4)11-20/h9-10,15,18-19H,5-8,11H2,1-4H3. The van der Waals surface area contributed by atoms with Crippen molar-refractivity contribution in [2.75, 3.05) is 26.2 Å². The Bertz CT molecular complexity index is 693. The average Bonchev–Trinajstić information content (AvgIpc) is 2.45. The van der Waals surface area contributed by atoms with E-state index in [1.54, 1.807) is 18.7 Å². The van der Waals surface area contributed by atoms with E-state index in [2.05, 4.69) is 10.0 Å². The van der Waals surface area contributed by atoms with Gasteiger partial charge in [-0.1, -0.05) is 17.7 Å². The summed E-state index contributed by atoms with van der Waals surface area (Å²) < 4.78 is 27.7. The second kappa shape index (κ2) is 7.63. The number of rotatable bonds is 5. The Morgan fingerprint density at radius 3 is 2.50 bits per heavy atom. The van der Waals surface area contributed by atoms with E-state index < -0.39 is 10.0 Å². The lowest BCUT2D eigenvalue weighted by Crippen LogP contribution is -2.51. The van der Waals surface area contributed by atoms with Crippen molar-refractivity contribution in [1.82, 2.24) is 14.9 Å². The van der Waals surface area contributed by atoms with Gasteiger partial charge in [-0.2, -0.15) is 0 Å². The highest BCUT2D eigenvalue weighted by atomic mass is 32.2. The molecule has 1 atom stereocenters. The Balaban J connectivity index is 1.97. The molecule has 24 heavy (non-hydrogen) atoms. The zero-order valence-electron chi connectivity index (χ0n) is 14.8. The second-order valence-electron chi connectivity index (χ2n) is 6.57. The van der Waals surface area contributed by atoms with Gasteiger partial charge >= 0.3 is 0 Å². The molecule has 6 nitrogen and oxygen atoms in total. The fraction of sp³-hybridized carbons (Fsp3) is 0.588. The first-order valence-electron chi connectivity index (χ1n) is 8.29. The van der Waals surface area contributed by atoms with Gasteiger partial charge in [-0.05, 0) is 38.8 Å². The van der Waals surface area contributed by atoms with Crippen molar-refractivity contribution in [3.05, 3.63) is 28.8 Å². The van der Waals surface area contributed by atoms with Crippen LogP contribution in [0.5, 0.6) is 0 Å². The molecule has 0 saturated carbocycles. The lowest BCUT2D eigenvalue weighted by atomic mass is 10.1. The molecule has 0 spiro atoms. The van der Waals surface area contributed by atoms with Gasteiger partial charge in [-0.3, -0.25) is 4.79 Å². The second-order valence-corrected chi connectivity index (χ2v) is 8.27. The van der Waals surface area contributed by atoms with Gasteiger partial charge in [0.05, 0.1) is 4.90 Å². The van der Waals surface area contributed by atoms with E-state index in [1.165, 1.54) is 0 Å². The molecule has 2 rings (SSSR count). The maximum Gasteiger partial charge on any atom is 0.241 e. The molecule has 1 amide bonds. The van der Waals surface area contributed by atoms with Crippen LogP contribution in [0.15, 0.2) is 17.0 Å². The topological polar surface area (TPSA) is 78.5 Å². The summed E-state index contributed by atoms with van der Waals surface area (Å²) in [4.78, 5) is 14.3. The Hall–Kier alpha value is -1.44. The van der Waals surface area contributed by atoms with E-state index >= 15 is 0 Å². The van der Waals surface area contributed by atoms with E-state index in [0.29, 0.717) is 18.0 Å². The SMILES string of the molecule is Cc1cc(C)c(S(=O)(=O)NCCC(=O)N2CCNC(C)C2)c(C)c1. The number of nitrogens with one attached hydrogen (secondary N) is 2. The lowest BCUT2D eigenvalue weighted by Gasteiger charge is -2.32. The smallest absolute Gasteiger partial charge is 0.241 e.